The van der Waals surface area contributed by atoms with Crippen molar-refractivity contribution in [1.82, 2.24) is 24.3 Å². The van der Waals surface area contributed by atoms with Gasteiger partial charge in [0.2, 0.25) is 5.91 Å². The Bertz CT molecular complexity index is 1580. The third-order valence-electron chi connectivity index (χ3n) is 4.87. The van der Waals surface area contributed by atoms with Gasteiger partial charge in [0.1, 0.15) is 10.5 Å². The molecule has 1 aromatic carbocycles. The van der Waals surface area contributed by atoms with Crippen LogP contribution in [0.15, 0.2) is 69.2 Å². The van der Waals surface area contributed by atoms with Crippen LogP contribution in [0.5, 0.6) is 0 Å². The molecule has 0 aliphatic rings. The first kappa shape index (κ1) is 22.3. The van der Waals surface area contributed by atoms with E-state index < -0.39 is 0 Å². The quantitative estimate of drug-likeness (QED) is 0.190. The number of aromatic nitrogens is 5. The van der Waals surface area contributed by atoms with E-state index in [1.54, 1.807) is 23.0 Å². The average molecular weight is 511 g/mol. The Morgan fingerprint density at radius 1 is 1.26 bits per heavy atom. The molecule has 172 valence electrons. The van der Waals surface area contributed by atoms with Crippen LogP contribution in [-0.2, 0) is 11.3 Å². The molecule has 1 amide bonds. The Hall–Kier alpha value is -3.48. The van der Waals surface area contributed by atoms with Crippen LogP contribution in [0.4, 0.5) is 5.82 Å². The minimum Gasteiger partial charge on any atom is -0.467 e. The van der Waals surface area contributed by atoms with Gasteiger partial charge in [-0.05, 0) is 43.4 Å². The fraction of sp³-hybridized carbons (Fsp3) is 0.136. The van der Waals surface area contributed by atoms with Crippen LogP contribution in [0.3, 0.4) is 0 Å². The second-order valence-corrected chi connectivity index (χ2v) is 9.92. The predicted molar refractivity (Wildman–Crippen MR) is 135 cm³/mol. The number of anilines is 1. The van der Waals surface area contributed by atoms with Gasteiger partial charge >= 0.3 is 0 Å². The number of carbonyl (C=O) groups excluding carboxylic acids is 1. The number of fused-ring (bicyclic) bond motifs is 1. The normalized spacial score (nSPS) is 11.2. The number of nitrogens with zero attached hydrogens (tertiary/aromatic N) is 4. The van der Waals surface area contributed by atoms with Crippen LogP contribution in [0.2, 0.25) is 0 Å². The number of benzene rings is 1. The molecule has 0 fully saturated rings. The minimum absolute atomic E-state index is 0.0414. The molecule has 5 rings (SSSR count). The standard InChI is InChI=1S/C22H18N6O3S3/c1-13-10-16(26-25-13)23-17(29)12-33-21-24-19-18(20(30)28(21)14-6-3-2-4-7-14)34-22(32)27(19)11-15-8-5-9-31-15/h2-10H,11-12H2,1H3,(H2,23,25,26,29). The number of furan rings is 1. The lowest BCUT2D eigenvalue weighted by Crippen LogP contribution is -2.23. The van der Waals surface area contributed by atoms with Crippen molar-refractivity contribution in [3.63, 3.8) is 0 Å². The van der Waals surface area contributed by atoms with Crippen molar-refractivity contribution in [1.29, 1.82) is 0 Å². The maximum Gasteiger partial charge on any atom is 0.278 e. The molecule has 2 N–H and O–H groups in total. The average Bonchev–Trinajstić information content (AvgIpc) is 3.56. The monoisotopic (exact) mass is 510 g/mol. The summed E-state index contributed by atoms with van der Waals surface area (Å²) in [5, 5.41) is 9.93. The Morgan fingerprint density at radius 3 is 2.79 bits per heavy atom. The van der Waals surface area contributed by atoms with Crippen molar-refractivity contribution < 1.29 is 9.21 Å². The van der Waals surface area contributed by atoms with Gasteiger partial charge in [0.15, 0.2) is 20.6 Å². The fourth-order valence-electron chi connectivity index (χ4n) is 3.37. The third kappa shape index (κ3) is 4.47. The van der Waals surface area contributed by atoms with Crippen LogP contribution >= 0.6 is 35.3 Å². The highest BCUT2D eigenvalue weighted by molar-refractivity contribution is 7.99. The predicted octanol–water partition coefficient (Wildman–Crippen LogP) is 4.38. The Kier molecular flexibility index (Phi) is 6.18. The summed E-state index contributed by atoms with van der Waals surface area (Å²) in [5.74, 6) is 0.924. The summed E-state index contributed by atoms with van der Waals surface area (Å²) in [7, 11) is 0. The van der Waals surface area contributed by atoms with Gasteiger partial charge in [-0.2, -0.15) is 5.10 Å². The number of aryl methyl sites for hydroxylation is 1. The van der Waals surface area contributed by atoms with Gasteiger partial charge in [0.05, 0.1) is 24.2 Å². The smallest absolute Gasteiger partial charge is 0.278 e. The summed E-state index contributed by atoms with van der Waals surface area (Å²) >= 11 is 7.92. The summed E-state index contributed by atoms with van der Waals surface area (Å²) in [6.07, 6.45) is 1.59. The molecular formula is C22H18N6O3S3. The number of amides is 1. The maximum atomic E-state index is 13.6. The van der Waals surface area contributed by atoms with Crippen molar-refractivity contribution in [3.8, 4) is 5.69 Å². The third-order valence-corrected chi connectivity index (χ3v) is 7.24. The van der Waals surface area contributed by atoms with E-state index in [1.807, 2.05) is 43.3 Å². The number of para-hydroxylation sites is 1. The molecule has 4 heterocycles. The highest BCUT2D eigenvalue weighted by atomic mass is 32.2. The van der Waals surface area contributed by atoms with Crippen LogP contribution in [0, 0.1) is 10.9 Å². The fourth-order valence-corrected chi connectivity index (χ4v) is 5.43. The highest BCUT2D eigenvalue weighted by Gasteiger charge is 2.19. The Morgan fingerprint density at radius 2 is 2.09 bits per heavy atom. The molecule has 34 heavy (non-hydrogen) atoms. The summed E-state index contributed by atoms with van der Waals surface area (Å²) in [5.41, 5.74) is 1.72. The molecule has 0 atom stereocenters. The molecular weight excluding hydrogens is 492 g/mol. The van der Waals surface area contributed by atoms with Gasteiger partial charge in [-0.25, -0.2) is 4.98 Å². The van der Waals surface area contributed by atoms with Gasteiger partial charge in [-0.15, -0.1) is 0 Å². The number of aromatic amines is 1. The topological polar surface area (TPSA) is 111 Å². The highest BCUT2D eigenvalue weighted by Crippen LogP contribution is 2.26. The number of H-pyrrole nitrogens is 1. The van der Waals surface area contributed by atoms with Crippen LogP contribution in [0.25, 0.3) is 16.0 Å². The molecule has 5 aromatic rings. The van der Waals surface area contributed by atoms with Gasteiger partial charge in [0.25, 0.3) is 5.56 Å². The first-order valence-electron chi connectivity index (χ1n) is 10.2. The van der Waals surface area contributed by atoms with Crippen LogP contribution < -0.4 is 10.9 Å². The summed E-state index contributed by atoms with van der Waals surface area (Å²) in [6.45, 7) is 2.21. The second-order valence-electron chi connectivity index (χ2n) is 7.33. The van der Waals surface area contributed by atoms with E-state index in [4.69, 9.17) is 21.6 Å². The number of hydrogen-bond acceptors (Lipinski definition) is 8. The number of thiazole rings is 1. The van der Waals surface area contributed by atoms with E-state index in [0.717, 1.165) is 5.69 Å². The molecule has 0 aliphatic heterocycles. The summed E-state index contributed by atoms with van der Waals surface area (Å²) in [4.78, 5) is 30.9. The van der Waals surface area contributed by atoms with Crippen LogP contribution in [-0.4, -0.2) is 36.0 Å². The van der Waals surface area contributed by atoms with Crippen molar-refractivity contribution in [2.75, 3.05) is 11.1 Å². The molecule has 0 aliphatic carbocycles. The lowest BCUT2D eigenvalue weighted by Gasteiger charge is -2.12. The molecule has 0 bridgehead atoms. The SMILES string of the molecule is Cc1cc(NC(=O)CSc2nc3c(sc(=S)n3Cc3ccco3)c(=O)n2-c2ccccc2)n[nH]1. The summed E-state index contributed by atoms with van der Waals surface area (Å²) in [6, 6.07) is 14.6. The maximum absolute atomic E-state index is 13.6. The zero-order valence-electron chi connectivity index (χ0n) is 17.8. The zero-order chi connectivity index (χ0) is 23.7. The van der Waals surface area contributed by atoms with E-state index in [1.165, 1.54) is 27.7 Å². The second kappa shape index (κ2) is 9.41. The van der Waals surface area contributed by atoms with Crippen molar-refractivity contribution in [2.24, 2.45) is 0 Å². The molecule has 0 saturated carbocycles. The molecule has 4 aromatic heterocycles. The van der Waals surface area contributed by atoms with Crippen molar-refractivity contribution >= 4 is 57.4 Å². The molecule has 0 spiro atoms. The van der Waals surface area contributed by atoms with Gasteiger partial charge in [-0.1, -0.05) is 41.3 Å². The van der Waals surface area contributed by atoms with Gasteiger partial charge in [-0.3, -0.25) is 23.8 Å². The largest absolute Gasteiger partial charge is 0.467 e. The van der Waals surface area contributed by atoms with E-state index in [9.17, 15) is 9.59 Å². The van der Waals surface area contributed by atoms with E-state index in [2.05, 4.69) is 15.5 Å². The van der Waals surface area contributed by atoms with E-state index >= 15 is 0 Å². The van der Waals surface area contributed by atoms with Crippen molar-refractivity contribution in [2.45, 2.75) is 18.6 Å². The molecule has 0 saturated heterocycles. The zero-order valence-corrected chi connectivity index (χ0v) is 20.3. The van der Waals surface area contributed by atoms with Crippen molar-refractivity contribution in [3.05, 3.63) is 80.6 Å². The molecule has 0 radical (unpaired) electrons. The Balaban J connectivity index is 1.55. The first-order valence-corrected chi connectivity index (χ1v) is 12.4. The number of carbonyl (C=O) groups is 1. The van der Waals surface area contributed by atoms with Crippen LogP contribution in [0.1, 0.15) is 11.5 Å². The summed E-state index contributed by atoms with van der Waals surface area (Å²) < 4.78 is 9.72. The molecule has 12 heteroatoms. The number of thioether (sulfide) groups is 1. The minimum atomic E-state index is -0.261. The Labute approximate surface area is 206 Å². The van der Waals surface area contributed by atoms with Gasteiger partial charge in [0, 0.05) is 11.8 Å². The number of hydrogen-bond donors (Lipinski definition) is 2. The number of nitrogens with one attached hydrogen (secondary N) is 2. The number of rotatable bonds is 7. The molecule has 0 unspecified atom stereocenters. The van der Waals surface area contributed by atoms with E-state index in [-0.39, 0.29) is 17.2 Å². The lowest BCUT2D eigenvalue weighted by molar-refractivity contribution is -0.113. The molecule has 9 nitrogen and oxygen atoms in total. The van der Waals surface area contributed by atoms with Gasteiger partial charge < -0.3 is 9.73 Å². The first-order chi connectivity index (χ1) is 16.5. The van der Waals surface area contributed by atoms with E-state index in [0.29, 0.717) is 43.3 Å². The lowest BCUT2D eigenvalue weighted by atomic mass is 10.3.